The molecular formula is C25H24Cl2N2O2. The molecule has 0 aliphatic heterocycles. The molecular weight excluding hydrogens is 431 g/mol. The van der Waals surface area contributed by atoms with Gasteiger partial charge in [0.15, 0.2) is 0 Å². The van der Waals surface area contributed by atoms with Crippen molar-refractivity contribution in [1.29, 1.82) is 0 Å². The number of rotatable bonds is 5. The molecule has 0 atom stereocenters. The van der Waals surface area contributed by atoms with Crippen LogP contribution in [0.5, 0.6) is 0 Å². The first-order valence-corrected chi connectivity index (χ1v) is 11.3. The molecule has 0 radical (unpaired) electrons. The lowest BCUT2D eigenvalue weighted by molar-refractivity contribution is -0.112. The number of nitrogens with zero attached hydrogens (tertiary/aromatic N) is 1. The lowest BCUT2D eigenvalue weighted by Crippen LogP contribution is -2.24. The molecule has 1 aliphatic rings. The summed E-state index contributed by atoms with van der Waals surface area (Å²) >= 11 is 12.0. The maximum absolute atomic E-state index is 13.3. The molecule has 3 aromatic rings. The molecule has 0 fully saturated rings. The van der Waals surface area contributed by atoms with Gasteiger partial charge in [-0.25, -0.2) is 0 Å². The zero-order valence-electron chi connectivity index (χ0n) is 17.4. The van der Waals surface area contributed by atoms with Crippen molar-refractivity contribution in [2.75, 3.05) is 5.32 Å². The molecule has 0 spiro atoms. The van der Waals surface area contributed by atoms with Gasteiger partial charge < -0.3 is 9.88 Å². The second-order valence-electron chi connectivity index (χ2n) is 7.95. The molecule has 0 saturated carbocycles. The van der Waals surface area contributed by atoms with Gasteiger partial charge in [-0.3, -0.25) is 9.59 Å². The van der Waals surface area contributed by atoms with E-state index in [2.05, 4.69) is 9.88 Å². The van der Waals surface area contributed by atoms with Crippen molar-refractivity contribution >= 4 is 40.6 Å². The second kappa shape index (κ2) is 9.29. The maximum atomic E-state index is 13.3. The zero-order valence-corrected chi connectivity index (χ0v) is 18.9. The maximum Gasteiger partial charge on any atom is 0.296 e. The van der Waals surface area contributed by atoms with E-state index in [9.17, 15) is 9.59 Å². The average molecular weight is 455 g/mol. The number of carbonyl (C=O) groups excluding carboxylic acids is 2. The summed E-state index contributed by atoms with van der Waals surface area (Å²) in [7, 11) is 0. The van der Waals surface area contributed by atoms with Gasteiger partial charge in [0.1, 0.15) is 0 Å². The first-order chi connectivity index (χ1) is 14.9. The van der Waals surface area contributed by atoms with E-state index in [4.69, 9.17) is 23.2 Å². The quantitative estimate of drug-likeness (QED) is 0.281. The van der Waals surface area contributed by atoms with E-state index in [1.54, 1.807) is 24.3 Å². The number of ketones is 1. The normalized spacial score (nSPS) is 13.4. The predicted octanol–water partition coefficient (Wildman–Crippen LogP) is 6.24. The van der Waals surface area contributed by atoms with Crippen molar-refractivity contribution in [3.63, 3.8) is 0 Å². The Morgan fingerprint density at radius 3 is 2.45 bits per heavy atom. The number of hydrogen-bond acceptors (Lipinski definition) is 2. The summed E-state index contributed by atoms with van der Waals surface area (Å²) in [5, 5.41) is 3.90. The molecule has 0 unspecified atom stereocenters. The number of Topliss-reactive ketones (excluding diaryl/α,β-unsaturated/α-hetero) is 1. The molecule has 1 aromatic heterocycles. The van der Waals surface area contributed by atoms with Crippen LogP contribution in [0, 0.1) is 6.92 Å². The lowest BCUT2D eigenvalue weighted by atomic mass is 10.0. The molecule has 1 aliphatic carbocycles. The van der Waals surface area contributed by atoms with E-state index in [-0.39, 0.29) is 0 Å². The highest BCUT2D eigenvalue weighted by Crippen LogP contribution is 2.31. The van der Waals surface area contributed by atoms with Gasteiger partial charge >= 0.3 is 0 Å². The third-order valence-corrected chi connectivity index (χ3v) is 6.34. The fourth-order valence-corrected chi connectivity index (χ4v) is 4.66. The number of anilines is 1. The molecule has 0 saturated heterocycles. The molecule has 2 aromatic carbocycles. The number of amides is 1. The summed E-state index contributed by atoms with van der Waals surface area (Å²) in [6.45, 7) is 2.58. The van der Waals surface area contributed by atoms with Gasteiger partial charge in [0.05, 0.1) is 5.56 Å². The van der Waals surface area contributed by atoms with Gasteiger partial charge in [0.2, 0.25) is 0 Å². The Bertz CT molecular complexity index is 1130. The molecule has 0 bridgehead atoms. The third kappa shape index (κ3) is 4.70. The van der Waals surface area contributed by atoms with E-state index < -0.39 is 11.7 Å². The van der Waals surface area contributed by atoms with E-state index in [0.717, 1.165) is 48.9 Å². The minimum absolute atomic E-state index is 0.495. The monoisotopic (exact) mass is 454 g/mol. The lowest BCUT2D eigenvalue weighted by Gasteiger charge is -2.12. The number of benzene rings is 2. The summed E-state index contributed by atoms with van der Waals surface area (Å²) in [6, 6.07) is 14.6. The average Bonchev–Trinajstić information content (AvgIpc) is 2.88. The Labute approximate surface area is 192 Å². The molecule has 31 heavy (non-hydrogen) atoms. The Hall–Kier alpha value is -2.56. The molecule has 160 valence electrons. The highest BCUT2D eigenvalue weighted by Gasteiger charge is 2.29. The Morgan fingerprint density at radius 2 is 1.71 bits per heavy atom. The molecule has 4 rings (SSSR count). The molecule has 1 amide bonds. The number of fused-ring (bicyclic) bond motifs is 1. The zero-order chi connectivity index (χ0) is 22.0. The highest BCUT2D eigenvalue weighted by molar-refractivity contribution is 6.47. The van der Waals surface area contributed by atoms with Crippen molar-refractivity contribution in [3.8, 4) is 0 Å². The van der Waals surface area contributed by atoms with Gasteiger partial charge in [0.25, 0.3) is 11.7 Å². The van der Waals surface area contributed by atoms with Crippen LogP contribution in [0.25, 0.3) is 0 Å². The van der Waals surface area contributed by atoms with Gasteiger partial charge in [0, 0.05) is 33.7 Å². The van der Waals surface area contributed by atoms with Crippen LogP contribution in [0.15, 0.2) is 48.5 Å². The van der Waals surface area contributed by atoms with Crippen LogP contribution in [0.2, 0.25) is 10.0 Å². The first-order valence-electron chi connectivity index (χ1n) is 10.5. The Morgan fingerprint density at radius 1 is 0.968 bits per heavy atom. The van der Waals surface area contributed by atoms with Crippen LogP contribution in [0.4, 0.5) is 5.69 Å². The summed E-state index contributed by atoms with van der Waals surface area (Å²) in [6.07, 6.45) is 4.95. The van der Waals surface area contributed by atoms with Crippen LogP contribution >= 0.6 is 23.2 Å². The van der Waals surface area contributed by atoms with Crippen LogP contribution in [0.3, 0.4) is 0 Å². The highest BCUT2D eigenvalue weighted by atomic mass is 35.5. The smallest absolute Gasteiger partial charge is 0.296 e. The van der Waals surface area contributed by atoms with Crippen molar-refractivity contribution in [1.82, 2.24) is 4.57 Å². The van der Waals surface area contributed by atoms with Crippen molar-refractivity contribution in [2.24, 2.45) is 0 Å². The fraction of sp³-hybridized carbons (Fsp3) is 0.280. The molecule has 4 nitrogen and oxygen atoms in total. The summed E-state index contributed by atoms with van der Waals surface area (Å²) in [5.41, 5.74) is 5.20. The topological polar surface area (TPSA) is 51.1 Å². The van der Waals surface area contributed by atoms with Gasteiger partial charge in [-0.05, 0) is 74.1 Å². The van der Waals surface area contributed by atoms with E-state index >= 15 is 0 Å². The third-order valence-electron chi connectivity index (χ3n) is 5.85. The molecule has 6 heteroatoms. The van der Waals surface area contributed by atoms with Gasteiger partial charge in [-0.1, -0.05) is 47.8 Å². The van der Waals surface area contributed by atoms with Crippen LogP contribution < -0.4 is 5.32 Å². The number of hydrogen-bond donors (Lipinski definition) is 1. The van der Waals surface area contributed by atoms with E-state index in [1.807, 2.05) is 31.2 Å². The predicted molar refractivity (Wildman–Crippen MR) is 125 cm³/mol. The summed E-state index contributed by atoms with van der Waals surface area (Å²) in [4.78, 5) is 26.1. The van der Waals surface area contributed by atoms with Crippen LogP contribution in [0.1, 0.15) is 52.1 Å². The fourth-order valence-electron chi connectivity index (χ4n) is 4.34. The van der Waals surface area contributed by atoms with Crippen molar-refractivity contribution < 1.29 is 9.59 Å². The Kier molecular flexibility index (Phi) is 6.49. The number of aromatic nitrogens is 1. The standard InChI is InChI=1S/C25H24Cl2N2O2/c1-16-23(24(30)25(31)28-20-7-5-6-19(27)14-20)21-8-3-2-4-9-22(21)29(16)15-17-10-12-18(26)13-11-17/h5-7,10-14H,2-4,8-9,15H2,1H3,(H,28,31). The molecule has 1 heterocycles. The van der Waals surface area contributed by atoms with Gasteiger partial charge in [-0.15, -0.1) is 0 Å². The summed E-state index contributed by atoms with van der Waals surface area (Å²) < 4.78 is 2.20. The first kappa shape index (κ1) is 21.7. The SMILES string of the molecule is Cc1c(C(=O)C(=O)Nc2cccc(Cl)c2)c2c(n1Cc1ccc(Cl)cc1)CCCCC2. The van der Waals surface area contributed by atoms with Crippen molar-refractivity contribution in [2.45, 2.75) is 45.6 Å². The van der Waals surface area contributed by atoms with Gasteiger partial charge in [-0.2, -0.15) is 0 Å². The number of halogens is 2. The molecule has 1 N–H and O–H groups in total. The van der Waals surface area contributed by atoms with E-state index in [1.165, 1.54) is 5.69 Å². The van der Waals surface area contributed by atoms with Crippen LogP contribution in [-0.4, -0.2) is 16.3 Å². The minimum atomic E-state index is -0.638. The second-order valence-corrected chi connectivity index (χ2v) is 8.83. The Balaban J connectivity index is 1.69. The summed E-state index contributed by atoms with van der Waals surface area (Å²) in [5.74, 6) is -1.13. The largest absolute Gasteiger partial charge is 0.343 e. The van der Waals surface area contributed by atoms with Crippen LogP contribution in [-0.2, 0) is 24.2 Å². The van der Waals surface area contributed by atoms with E-state index in [0.29, 0.717) is 27.8 Å². The number of carbonyl (C=O) groups is 2. The van der Waals surface area contributed by atoms with Crippen molar-refractivity contribution in [3.05, 3.63) is 86.7 Å². The number of nitrogens with one attached hydrogen (secondary N) is 1. The minimum Gasteiger partial charge on any atom is -0.343 e.